The maximum absolute atomic E-state index is 12.8. The molecule has 0 spiro atoms. The Kier molecular flexibility index (Phi) is 8.47. The molecule has 0 saturated carbocycles. The van der Waals surface area contributed by atoms with Gasteiger partial charge in [-0.3, -0.25) is 9.59 Å². The normalized spacial score (nSPS) is 11.3. The van der Waals surface area contributed by atoms with Gasteiger partial charge < -0.3 is 19.8 Å². The zero-order valence-corrected chi connectivity index (χ0v) is 19.3. The first-order valence-corrected chi connectivity index (χ1v) is 11.1. The van der Waals surface area contributed by atoms with Crippen molar-refractivity contribution in [3.63, 3.8) is 0 Å². The number of furan rings is 1. The van der Waals surface area contributed by atoms with Gasteiger partial charge in [-0.2, -0.15) is 0 Å². The van der Waals surface area contributed by atoms with Gasteiger partial charge in [0.15, 0.2) is 0 Å². The van der Waals surface area contributed by atoms with Crippen LogP contribution in [0.3, 0.4) is 0 Å². The highest BCUT2D eigenvalue weighted by molar-refractivity contribution is 6.05. The van der Waals surface area contributed by atoms with E-state index in [2.05, 4.69) is 10.6 Å². The topological polar surface area (TPSA) is 80.6 Å². The summed E-state index contributed by atoms with van der Waals surface area (Å²) < 4.78 is 11.1. The smallest absolute Gasteiger partial charge is 0.267 e. The van der Waals surface area contributed by atoms with Crippen LogP contribution in [-0.2, 0) is 11.2 Å². The van der Waals surface area contributed by atoms with Crippen molar-refractivity contribution in [2.24, 2.45) is 0 Å². The van der Waals surface area contributed by atoms with Crippen molar-refractivity contribution < 1.29 is 18.7 Å². The van der Waals surface area contributed by atoms with E-state index in [-0.39, 0.29) is 23.6 Å². The number of carbonyl (C=O) groups is 2. The summed E-state index contributed by atoms with van der Waals surface area (Å²) in [6, 6.07) is 18.6. The SMILES string of the molecule is Cc1ccc(C(=O)N/C(=C\c2ccco2)C(=O)NCCCc2cccc(OC(C)C)c2)cc1. The highest BCUT2D eigenvalue weighted by Crippen LogP contribution is 2.16. The summed E-state index contributed by atoms with van der Waals surface area (Å²) in [6.45, 7) is 6.40. The maximum atomic E-state index is 12.8. The van der Waals surface area contributed by atoms with E-state index in [0.29, 0.717) is 17.9 Å². The summed E-state index contributed by atoms with van der Waals surface area (Å²) in [7, 11) is 0. The zero-order valence-electron chi connectivity index (χ0n) is 19.3. The quantitative estimate of drug-likeness (QED) is 0.343. The van der Waals surface area contributed by atoms with Gasteiger partial charge in [-0.1, -0.05) is 29.8 Å². The van der Waals surface area contributed by atoms with Crippen molar-refractivity contribution in [2.45, 2.75) is 39.7 Å². The van der Waals surface area contributed by atoms with Gasteiger partial charge in [-0.25, -0.2) is 0 Å². The largest absolute Gasteiger partial charge is 0.491 e. The van der Waals surface area contributed by atoms with Crippen molar-refractivity contribution in [3.8, 4) is 5.75 Å². The van der Waals surface area contributed by atoms with Crippen LogP contribution in [0, 0.1) is 6.92 Å². The molecule has 0 radical (unpaired) electrons. The van der Waals surface area contributed by atoms with E-state index in [9.17, 15) is 9.59 Å². The highest BCUT2D eigenvalue weighted by Gasteiger charge is 2.15. The van der Waals surface area contributed by atoms with Gasteiger partial charge in [0.1, 0.15) is 17.2 Å². The zero-order chi connectivity index (χ0) is 23.6. The van der Waals surface area contributed by atoms with Gasteiger partial charge in [0.25, 0.3) is 11.8 Å². The fraction of sp³-hybridized carbons (Fsp3) is 0.259. The molecule has 2 N–H and O–H groups in total. The lowest BCUT2D eigenvalue weighted by Gasteiger charge is -2.12. The van der Waals surface area contributed by atoms with Crippen LogP contribution in [0.4, 0.5) is 0 Å². The minimum atomic E-state index is -0.372. The van der Waals surface area contributed by atoms with Crippen molar-refractivity contribution >= 4 is 17.9 Å². The summed E-state index contributed by atoms with van der Waals surface area (Å²) in [5.74, 6) is 0.592. The molecule has 6 heteroatoms. The molecule has 0 fully saturated rings. The van der Waals surface area contributed by atoms with E-state index in [0.717, 1.165) is 29.7 Å². The summed E-state index contributed by atoms with van der Waals surface area (Å²) in [5.41, 5.74) is 2.79. The van der Waals surface area contributed by atoms with Crippen LogP contribution in [0.2, 0.25) is 0 Å². The average molecular weight is 447 g/mol. The molecule has 2 amide bonds. The van der Waals surface area contributed by atoms with Crippen molar-refractivity contribution in [1.29, 1.82) is 0 Å². The van der Waals surface area contributed by atoms with Gasteiger partial charge in [-0.05, 0) is 75.6 Å². The second kappa shape index (κ2) is 11.7. The summed E-state index contributed by atoms with van der Waals surface area (Å²) in [4.78, 5) is 25.5. The van der Waals surface area contributed by atoms with Gasteiger partial charge in [-0.15, -0.1) is 0 Å². The predicted molar refractivity (Wildman–Crippen MR) is 129 cm³/mol. The molecule has 33 heavy (non-hydrogen) atoms. The van der Waals surface area contributed by atoms with E-state index in [1.165, 1.54) is 12.3 Å². The molecule has 3 aromatic rings. The third-order valence-corrected chi connectivity index (χ3v) is 4.83. The Bertz CT molecular complexity index is 1080. The lowest BCUT2D eigenvalue weighted by Crippen LogP contribution is -2.35. The molecule has 1 heterocycles. The van der Waals surface area contributed by atoms with E-state index >= 15 is 0 Å². The van der Waals surface area contributed by atoms with Gasteiger partial charge >= 0.3 is 0 Å². The molecule has 0 unspecified atom stereocenters. The van der Waals surface area contributed by atoms with Gasteiger partial charge in [0.05, 0.1) is 12.4 Å². The minimum Gasteiger partial charge on any atom is -0.491 e. The van der Waals surface area contributed by atoms with Gasteiger partial charge in [0.2, 0.25) is 0 Å². The molecule has 3 rings (SSSR count). The van der Waals surface area contributed by atoms with Crippen LogP contribution >= 0.6 is 0 Å². The maximum Gasteiger partial charge on any atom is 0.267 e. The fourth-order valence-electron chi connectivity index (χ4n) is 3.21. The second-order valence-corrected chi connectivity index (χ2v) is 8.07. The Morgan fingerprint density at radius 3 is 2.55 bits per heavy atom. The van der Waals surface area contributed by atoms with Crippen molar-refractivity contribution in [3.05, 3.63) is 95.1 Å². The Balaban J connectivity index is 1.59. The summed E-state index contributed by atoms with van der Waals surface area (Å²) in [5, 5.41) is 5.59. The number of hydrogen-bond donors (Lipinski definition) is 2. The average Bonchev–Trinajstić information content (AvgIpc) is 3.29. The Hall–Kier alpha value is -3.80. The van der Waals surface area contributed by atoms with E-state index in [1.54, 1.807) is 24.3 Å². The minimum absolute atomic E-state index is 0.119. The van der Waals surface area contributed by atoms with Crippen LogP contribution in [0.15, 0.2) is 77.0 Å². The number of ether oxygens (including phenoxy) is 1. The number of hydrogen-bond acceptors (Lipinski definition) is 4. The summed E-state index contributed by atoms with van der Waals surface area (Å²) in [6.07, 6.45) is 4.70. The molecular weight excluding hydrogens is 416 g/mol. The second-order valence-electron chi connectivity index (χ2n) is 8.07. The number of nitrogens with one attached hydrogen (secondary N) is 2. The monoisotopic (exact) mass is 446 g/mol. The molecule has 0 aliphatic heterocycles. The standard InChI is InChI=1S/C27H30N2O4/c1-19(2)33-24-9-4-7-21(17-24)8-5-15-28-27(31)25(18-23-10-6-16-32-23)29-26(30)22-13-11-20(3)12-14-22/h4,6-7,9-14,16-19H,5,8,15H2,1-3H3,(H,28,31)(H,29,30)/b25-18-. The van der Waals surface area contributed by atoms with Gasteiger partial charge in [0, 0.05) is 18.2 Å². The van der Waals surface area contributed by atoms with Crippen LogP contribution in [-0.4, -0.2) is 24.5 Å². The van der Waals surface area contributed by atoms with Crippen molar-refractivity contribution in [2.75, 3.05) is 6.54 Å². The number of aryl methyl sites for hydroxylation is 2. The first kappa shape index (κ1) is 23.9. The number of rotatable bonds is 10. The molecule has 1 aromatic heterocycles. The number of carbonyl (C=O) groups excluding carboxylic acids is 2. The molecule has 6 nitrogen and oxygen atoms in total. The third kappa shape index (κ3) is 7.68. The highest BCUT2D eigenvalue weighted by atomic mass is 16.5. The first-order chi connectivity index (χ1) is 15.9. The molecule has 0 bridgehead atoms. The van der Waals surface area contributed by atoms with E-state index in [1.807, 2.05) is 57.2 Å². The van der Waals surface area contributed by atoms with E-state index in [4.69, 9.17) is 9.15 Å². The van der Waals surface area contributed by atoms with Crippen LogP contribution in [0.25, 0.3) is 6.08 Å². The Labute approximate surface area is 194 Å². The Morgan fingerprint density at radius 1 is 1.06 bits per heavy atom. The third-order valence-electron chi connectivity index (χ3n) is 4.83. The molecule has 172 valence electrons. The van der Waals surface area contributed by atoms with Crippen molar-refractivity contribution in [1.82, 2.24) is 10.6 Å². The first-order valence-electron chi connectivity index (χ1n) is 11.1. The van der Waals surface area contributed by atoms with Crippen LogP contribution < -0.4 is 15.4 Å². The Morgan fingerprint density at radius 2 is 1.85 bits per heavy atom. The number of benzene rings is 2. The molecular formula is C27H30N2O4. The van der Waals surface area contributed by atoms with E-state index < -0.39 is 0 Å². The summed E-state index contributed by atoms with van der Waals surface area (Å²) >= 11 is 0. The fourth-order valence-corrected chi connectivity index (χ4v) is 3.21. The van der Waals surface area contributed by atoms with Crippen LogP contribution in [0.1, 0.15) is 47.5 Å². The molecule has 0 aliphatic carbocycles. The number of amides is 2. The lowest BCUT2D eigenvalue weighted by atomic mass is 10.1. The molecule has 2 aromatic carbocycles. The lowest BCUT2D eigenvalue weighted by molar-refractivity contribution is -0.117. The molecule has 0 atom stereocenters. The van der Waals surface area contributed by atoms with Crippen LogP contribution in [0.5, 0.6) is 5.75 Å². The molecule has 0 aliphatic rings. The molecule has 0 saturated heterocycles. The predicted octanol–water partition coefficient (Wildman–Crippen LogP) is 4.90.